The molecule has 3 rings (SSSR count). The van der Waals surface area contributed by atoms with Crippen molar-refractivity contribution >= 4 is 61.1 Å². The Labute approximate surface area is 133 Å². The number of fused-ring (bicyclic) bond motifs is 1. The zero-order chi connectivity index (χ0) is 14.1. The SMILES string of the molecule is Nc1cnc2ccc(Br)cc2c1NCc1ccc(Cl)s1. The smallest absolute Gasteiger partial charge is 0.0931 e. The van der Waals surface area contributed by atoms with E-state index in [9.17, 15) is 0 Å². The highest BCUT2D eigenvalue weighted by Crippen LogP contribution is 2.31. The fourth-order valence-corrected chi connectivity index (χ4v) is 3.39. The highest BCUT2D eigenvalue weighted by molar-refractivity contribution is 9.10. The van der Waals surface area contributed by atoms with E-state index in [0.717, 1.165) is 30.3 Å². The maximum Gasteiger partial charge on any atom is 0.0931 e. The molecule has 0 aliphatic carbocycles. The molecule has 102 valence electrons. The number of aromatic nitrogens is 1. The lowest BCUT2D eigenvalue weighted by molar-refractivity contribution is 1.20. The van der Waals surface area contributed by atoms with E-state index in [0.29, 0.717) is 12.2 Å². The first-order valence-corrected chi connectivity index (χ1v) is 7.94. The van der Waals surface area contributed by atoms with Crippen molar-refractivity contribution in [3.63, 3.8) is 0 Å². The quantitative estimate of drug-likeness (QED) is 0.691. The molecular weight excluding hydrogens is 358 g/mol. The molecule has 0 atom stereocenters. The maximum atomic E-state index is 6.04. The van der Waals surface area contributed by atoms with Gasteiger partial charge in [0.05, 0.1) is 27.4 Å². The number of rotatable bonds is 3. The van der Waals surface area contributed by atoms with Crippen LogP contribution < -0.4 is 11.1 Å². The summed E-state index contributed by atoms with van der Waals surface area (Å²) in [6, 6.07) is 9.85. The average Bonchev–Trinajstić information content (AvgIpc) is 2.83. The molecule has 3 nitrogen and oxygen atoms in total. The molecule has 0 bridgehead atoms. The molecule has 3 aromatic rings. The molecule has 0 radical (unpaired) electrons. The van der Waals surface area contributed by atoms with E-state index >= 15 is 0 Å². The molecule has 0 unspecified atom stereocenters. The predicted molar refractivity (Wildman–Crippen MR) is 90.5 cm³/mol. The summed E-state index contributed by atoms with van der Waals surface area (Å²) in [4.78, 5) is 5.50. The number of nitrogens with two attached hydrogens (primary N) is 1. The Morgan fingerprint density at radius 3 is 2.90 bits per heavy atom. The molecule has 1 aromatic carbocycles. The van der Waals surface area contributed by atoms with E-state index in [1.807, 2.05) is 30.3 Å². The van der Waals surface area contributed by atoms with Crippen LogP contribution in [-0.4, -0.2) is 4.98 Å². The minimum absolute atomic E-state index is 0.637. The summed E-state index contributed by atoms with van der Waals surface area (Å²) in [7, 11) is 0. The third-order valence-electron chi connectivity index (χ3n) is 2.93. The van der Waals surface area contributed by atoms with Crippen molar-refractivity contribution < 1.29 is 0 Å². The van der Waals surface area contributed by atoms with Gasteiger partial charge in [0, 0.05) is 21.3 Å². The third-order valence-corrected chi connectivity index (χ3v) is 4.65. The fraction of sp³-hybridized carbons (Fsp3) is 0.0714. The van der Waals surface area contributed by atoms with Gasteiger partial charge < -0.3 is 11.1 Å². The molecule has 6 heteroatoms. The molecule has 3 N–H and O–H groups in total. The third kappa shape index (κ3) is 2.75. The molecule has 0 saturated carbocycles. The largest absolute Gasteiger partial charge is 0.396 e. The van der Waals surface area contributed by atoms with Gasteiger partial charge in [0.2, 0.25) is 0 Å². The van der Waals surface area contributed by atoms with Crippen molar-refractivity contribution in [3.8, 4) is 0 Å². The van der Waals surface area contributed by atoms with Gasteiger partial charge in [-0.25, -0.2) is 0 Å². The first-order valence-electron chi connectivity index (χ1n) is 5.95. The molecule has 0 amide bonds. The Balaban J connectivity index is 1.97. The van der Waals surface area contributed by atoms with Gasteiger partial charge in [0.15, 0.2) is 0 Å². The molecule has 0 aliphatic heterocycles. The Hall–Kier alpha value is -1.30. The second kappa shape index (κ2) is 5.60. The van der Waals surface area contributed by atoms with Gasteiger partial charge in [-0.2, -0.15) is 0 Å². The van der Waals surface area contributed by atoms with Gasteiger partial charge in [0.25, 0.3) is 0 Å². The lowest BCUT2D eigenvalue weighted by Crippen LogP contribution is -2.03. The number of nitrogens with one attached hydrogen (secondary N) is 1. The maximum absolute atomic E-state index is 6.04. The summed E-state index contributed by atoms with van der Waals surface area (Å²) < 4.78 is 1.79. The molecular formula is C14H11BrClN3S. The molecule has 0 fully saturated rings. The van der Waals surface area contributed by atoms with E-state index in [2.05, 4.69) is 26.2 Å². The molecule has 20 heavy (non-hydrogen) atoms. The van der Waals surface area contributed by atoms with Crippen LogP contribution in [0, 0.1) is 0 Å². The van der Waals surface area contributed by atoms with Crippen LogP contribution in [0.2, 0.25) is 4.34 Å². The molecule has 0 aliphatic rings. The minimum Gasteiger partial charge on any atom is -0.396 e. The highest BCUT2D eigenvalue weighted by Gasteiger charge is 2.08. The van der Waals surface area contributed by atoms with Gasteiger partial charge in [0.1, 0.15) is 0 Å². The summed E-state index contributed by atoms with van der Waals surface area (Å²) in [5.41, 5.74) is 8.50. The molecule has 0 spiro atoms. The van der Waals surface area contributed by atoms with Crippen molar-refractivity contribution in [2.75, 3.05) is 11.1 Å². The average molecular weight is 369 g/mol. The van der Waals surface area contributed by atoms with Crippen LogP contribution >= 0.6 is 38.9 Å². The number of hydrogen-bond acceptors (Lipinski definition) is 4. The van der Waals surface area contributed by atoms with Crippen LogP contribution in [0.3, 0.4) is 0 Å². The molecule has 2 aromatic heterocycles. The van der Waals surface area contributed by atoms with Crippen LogP contribution in [0.25, 0.3) is 10.9 Å². The topological polar surface area (TPSA) is 50.9 Å². The number of hydrogen-bond donors (Lipinski definition) is 2. The monoisotopic (exact) mass is 367 g/mol. The number of thiophene rings is 1. The van der Waals surface area contributed by atoms with Gasteiger partial charge in [-0.3, -0.25) is 4.98 Å². The molecule has 2 heterocycles. The van der Waals surface area contributed by atoms with Gasteiger partial charge in [-0.15, -0.1) is 11.3 Å². The van der Waals surface area contributed by atoms with Gasteiger partial charge in [-0.1, -0.05) is 27.5 Å². The number of nitrogens with zero attached hydrogens (tertiary/aromatic N) is 1. The van der Waals surface area contributed by atoms with E-state index in [1.54, 1.807) is 17.5 Å². The van der Waals surface area contributed by atoms with Gasteiger partial charge in [-0.05, 0) is 30.3 Å². The van der Waals surface area contributed by atoms with Crippen LogP contribution in [0.5, 0.6) is 0 Å². The van der Waals surface area contributed by atoms with E-state index in [1.165, 1.54) is 0 Å². The van der Waals surface area contributed by atoms with Crippen LogP contribution in [0.15, 0.2) is 41.0 Å². The zero-order valence-corrected chi connectivity index (χ0v) is 13.5. The normalized spacial score (nSPS) is 10.9. The second-order valence-electron chi connectivity index (χ2n) is 4.31. The van der Waals surface area contributed by atoms with Crippen molar-refractivity contribution in [3.05, 3.63) is 50.2 Å². The number of benzene rings is 1. The van der Waals surface area contributed by atoms with Gasteiger partial charge >= 0.3 is 0 Å². The number of halogens is 2. The first kappa shape index (κ1) is 13.7. The van der Waals surface area contributed by atoms with E-state index < -0.39 is 0 Å². The lowest BCUT2D eigenvalue weighted by atomic mass is 10.1. The summed E-state index contributed by atoms with van der Waals surface area (Å²) in [6.45, 7) is 0.688. The summed E-state index contributed by atoms with van der Waals surface area (Å²) in [6.07, 6.45) is 1.68. The second-order valence-corrected chi connectivity index (χ2v) is 7.02. The van der Waals surface area contributed by atoms with Crippen molar-refractivity contribution in [2.45, 2.75) is 6.54 Å². The zero-order valence-electron chi connectivity index (χ0n) is 10.4. The van der Waals surface area contributed by atoms with Crippen molar-refractivity contribution in [1.82, 2.24) is 4.98 Å². The van der Waals surface area contributed by atoms with Crippen LogP contribution in [0.4, 0.5) is 11.4 Å². The molecule has 0 saturated heterocycles. The predicted octanol–water partition coefficient (Wildman–Crippen LogP) is 4.91. The Bertz CT molecular complexity index is 767. The van der Waals surface area contributed by atoms with Crippen LogP contribution in [0.1, 0.15) is 4.88 Å². The van der Waals surface area contributed by atoms with Crippen molar-refractivity contribution in [2.24, 2.45) is 0 Å². The number of anilines is 2. The highest BCUT2D eigenvalue weighted by atomic mass is 79.9. The Morgan fingerprint density at radius 1 is 1.30 bits per heavy atom. The minimum atomic E-state index is 0.637. The van der Waals surface area contributed by atoms with E-state index in [4.69, 9.17) is 17.3 Å². The first-order chi connectivity index (χ1) is 9.63. The summed E-state index contributed by atoms with van der Waals surface area (Å²) in [5, 5.41) is 4.38. The Kier molecular flexibility index (Phi) is 3.83. The number of nitrogen functional groups attached to an aromatic ring is 1. The summed E-state index contributed by atoms with van der Waals surface area (Å²) in [5.74, 6) is 0. The van der Waals surface area contributed by atoms with E-state index in [-0.39, 0.29) is 0 Å². The fourth-order valence-electron chi connectivity index (χ4n) is 2.00. The standard InChI is InChI=1S/C14H11BrClN3S/c15-8-1-3-12-10(5-8)14(11(17)7-18-12)19-6-9-2-4-13(16)20-9/h1-5,7H,6,17H2,(H,18,19). The number of pyridine rings is 1. The van der Waals surface area contributed by atoms with Crippen molar-refractivity contribution in [1.29, 1.82) is 0 Å². The summed E-state index contributed by atoms with van der Waals surface area (Å²) >= 11 is 11.0. The lowest BCUT2D eigenvalue weighted by Gasteiger charge is -2.11. The Morgan fingerprint density at radius 2 is 2.15 bits per heavy atom. The van der Waals surface area contributed by atoms with Crippen LogP contribution in [-0.2, 0) is 6.54 Å².